The van der Waals surface area contributed by atoms with Crippen LogP contribution in [0.15, 0.2) is 36.8 Å². The minimum Gasteiger partial charge on any atom is -0.337 e. The van der Waals surface area contributed by atoms with Crippen LogP contribution < -0.4 is 5.73 Å². The van der Waals surface area contributed by atoms with Gasteiger partial charge in [-0.3, -0.25) is 4.79 Å². The molecule has 1 atom stereocenters. The van der Waals surface area contributed by atoms with Crippen molar-refractivity contribution in [1.29, 1.82) is 0 Å². The Morgan fingerprint density at radius 3 is 2.63 bits per heavy atom. The molecule has 1 unspecified atom stereocenters. The average Bonchev–Trinajstić information content (AvgIpc) is 3.14. The van der Waals surface area contributed by atoms with Crippen molar-refractivity contribution in [3.05, 3.63) is 42.4 Å². The van der Waals surface area contributed by atoms with Gasteiger partial charge in [-0.2, -0.15) is 0 Å². The molecule has 27 heavy (non-hydrogen) atoms. The van der Waals surface area contributed by atoms with Gasteiger partial charge in [0.1, 0.15) is 11.4 Å². The van der Waals surface area contributed by atoms with Crippen molar-refractivity contribution in [2.75, 3.05) is 0 Å². The molecule has 1 aliphatic carbocycles. The number of hydrogen-bond donors (Lipinski definition) is 2. The number of hydrogen-bond acceptors (Lipinski definition) is 5. The van der Waals surface area contributed by atoms with Crippen molar-refractivity contribution < 1.29 is 4.79 Å². The summed E-state index contributed by atoms with van der Waals surface area (Å²) in [5.41, 5.74) is 8.61. The summed E-state index contributed by atoms with van der Waals surface area (Å²) in [7, 11) is 0. The molecular weight excluding hydrogens is 338 g/mol. The number of fused-ring (bicyclic) bond motifs is 1. The van der Waals surface area contributed by atoms with Gasteiger partial charge >= 0.3 is 0 Å². The molecule has 0 aliphatic heterocycles. The molecule has 3 heterocycles. The number of carbonyl (C=O) groups is 1. The molecule has 6 heteroatoms. The molecule has 1 fully saturated rings. The van der Waals surface area contributed by atoms with Crippen LogP contribution >= 0.6 is 0 Å². The second kappa shape index (κ2) is 7.56. The number of nitrogens with one attached hydrogen (secondary N) is 1. The molecule has 4 rings (SSSR count). The van der Waals surface area contributed by atoms with E-state index in [1.807, 2.05) is 12.1 Å². The highest BCUT2D eigenvalue weighted by molar-refractivity contribution is 5.91. The fourth-order valence-electron chi connectivity index (χ4n) is 4.09. The SMILES string of the molecule is CC(N)C1CCC(C(=O)Cc2ccnc3[nH]c(-c4ncccn4)cc23)CC1. The smallest absolute Gasteiger partial charge is 0.175 e. The quantitative estimate of drug-likeness (QED) is 0.725. The van der Waals surface area contributed by atoms with E-state index in [0.717, 1.165) is 48.0 Å². The van der Waals surface area contributed by atoms with Crippen LogP contribution in [0.4, 0.5) is 0 Å². The van der Waals surface area contributed by atoms with E-state index in [9.17, 15) is 4.79 Å². The highest BCUT2D eigenvalue weighted by Crippen LogP contribution is 2.32. The average molecular weight is 363 g/mol. The first-order valence-electron chi connectivity index (χ1n) is 9.64. The van der Waals surface area contributed by atoms with E-state index >= 15 is 0 Å². The van der Waals surface area contributed by atoms with E-state index in [1.165, 1.54) is 0 Å². The molecule has 0 radical (unpaired) electrons. The number of aromatic amines is 1. The summed E-state index contributed by atoms with van der Waals surface area (Å²) in [5, 5.41) is 0.970. The van der Waals surface area contributed by atoms with E-state index in [-0.39, 0.29) is 12.0 Å². The molecule has 0 aromatic carbocycles. The van der Waals surface area contributed by atoms with Gasteiger partial charge in [-0.05, 0) is 62.3 Å². The van der Waals surface area contributed by atoms with Gasteiger partial charge in [0.2, 0.25) is 0 Å². The van der Waals surface area contributed by atoms with Crippen LogP contribution in [0.2, 0.25) is 0 Å². The molecule has 3 N–H and O–H groups in total. The Hall–Kier alpha value is -2.60. The van der Waals surface area contributed by atoms with Gasteiger partial charge in [0.05, 0.1) is 5.69 Å². The second-order valence-corrected chi connectivity index (χ2v) is 7.60. The summed E-state index contributed by atoms with van der Waals surface area (Å²) in [4.78, 5) is 29.1. The van der Waals surface area contributed by atoms with Gasteiger partial charge in [0.15, 0.2) is 5.82 Å². The number of nitrogens with two attached hydrogens (primary N) is 1. The van der Waals surface area contributed by atoms with E-state index in [0.29, 0.717) is 23.9 Å². The zero-order valence-corrected chi connectivity index (χ0v) is 15.6. The van der Waals surface area contributed by atoms with Gasteiger partial charge in [-0.15, -0.1) is 0 Å². The normalized spacial score (nSPS) is 21.3. The summed E-state index contributed by atoms with van der Waals surface area (Å²) < 4.78 is 0. The van der Waals surface area contributed by atoms with Gasteiger partial charge < -0.3 is 10.7 Å². The lowest BCUT2D eigenvalue weighted by Crippen LogP contribution is -2.32. The number of ketones is 1. The number of pyridine rings is 1. The Morgan fingerprint density at radius 2 is 1.93 bits per heavy atom. The zero-order valence-electron chi connectivity index (χ0n) is 15.6. The highest BCUT2D eigenvalue weighted by atomic mass is 16.1. The fraction of sp³-hybridized carbons (Fsp3) is 0.429. The number of aromatic nitrogens is 4. The third-order valence-corrected chi connectivity index (χ3v) is 5.76. The van der Waals surface area contributed by atoms with Gasteiger partial charge in [-0.1, -0.05) is 0 Å². The van der Waals surface area contributed by atoms with Crippen molar-refractivity contribution >= 4 is 16.8 Å². The Labute approximate surface area is 158 Å². The summed E-state index contributed by atoms with van der Waals surface area (Å²) in [5.74, 6) is 1.66. The van der Waals surface area contributed by atoms with Crippen LogP contribution in [-0.4, -0.2) is 31.8 Å². The van der Waals surface area contributed by atoms with Crippen molar-refractivity contribution in [3.8, 4) is 11.5 Å². The largest absolute Gasteiger partial charge is 0.337 e. The minimum atomic E-state index is 0.152. The van der Waals surface area contributed by atoms with E-state index < -0.39 is 0 Å². The third kappa shape index (κ3) is 3.76. The number of H-pyrrole nitrogens is 1. The van der Waals surface area contributed by atoms with Crippen LogP contribution in [-0.2, 0) is 11.2 Å². The molecule has 0 amide bonds. The fourth-order valence-corrected chi connectivity index (χ4v) is 4.09. The van der Waals surface area contributed by atoms with Gasteiger partial charge in [-0.25, -0.2) is 15.0 Å². The van der Waals surface area contributed by atoms with Crippen molar-refractivity contribution in [1.82, 2.24) is 19.9 Å². The lowest BCUT2D eigenvalue weighted by Gasteiger charge is -2.30. The second-order valence-electron chi connectivity index (χ2n) is 7.60. The van der Waals surface area contributed by atoms with Crippen LogP contribution in [0.1, 0.15) is 38.2 Å². The molecule has 140 valence electrons. The third-order valence-electron chi connectivity index (χ3n) is 5.76. The van der Waals surface area contributed by atoms with Crippen molar-refractivity contribution in [2.24, 2.45) is 17.6 Å². The summed E-state index contributed by atoms with van der Waals surface area (Å²) in [6, 6.07) is 5.94. The van der Waals surface area contributed by atoms with Crippen LogP contribution in [0.25, 0.3) is 22.6 Å². The predicted octanol–water partition coefficient (Wildman–Crippen LogP) is 3.29. The Bertz CT molecular complexity index is 926. The topological polar surface area (TPSA) is 97.6 Å². The van der Waals surface area contributed by atoms with E-state index in [2.05, 4.69) is 26.9 Å². The van der Waals surface area contributed by atoms with Crippen LogP contribution in [0.5, 0.6) is 0 Å². The summed E-state index contributed by atoms with van der Waals surface area (Å²) in [6.45, 7) is 2.07. The molecule has 0 spiro atoms. The highest BCUT2D eigenvalue weighted by Gasteiger charge is 2.28. The Kier molecular flexibility index (Phi) is 4.99. The Balaban J connectivity index is 1.52. The van der Waals surface area contributed by atoms with Crippen LogP contribution in [0.3, 0.4) is 0 Å². The van der Waals surface area contributed by atoms with Crippen molar-refractivity contribution in [3.63, 3.8) is 0 Å². The summed E-state index contributed by atoms with van der Waals surface area (Å²) >= 11 is 0. The zero-order chi connectivity index (χ0) is 18.8. The van der Waals surface area contributed by atoms with Crippen LogP contribution in [0, 0.1) is 11.8 Å². The number of rotatable bonds is 5. The maximum absolute atomic E-state index is 12.9. The first-order chi connectivity index (χ1) is 13.1. The lowest BCUT2D eigenvalue weighted by atomic mass is 9.76. The molecule has 0 bridgehead atoms. The standard InChI is InChI=1S/C21H25N5O/c1-13(22)14-3-5-15(6-4-14)19(27)11-16-7-10-25-20-17(16)12-18(26-20)21-23-8-2-9-24-21/h2,7-10,12-15H,3-6,11,22H2,1H3,(H,25,26). The molecule has 0 saturated heterocycles. The first-order valence-corrected chi connectivity index (χ1v) is 9.64. The maximum Gasteiger partial charge on any atom is 0.175 e. The molecule has 6 nitrogen and oxygen atoms in total. The lowest BCUT2D eigenvalue weighted by molar-refractivity contribution is -0.123. The number of carbonyl (C=O) groups excluding carboxylic acids is 1. The van der Waals surface area contributed by atoms with E-state index in [4.69, 9.17) is 5.73 Å². The van der Waals surface area contributed by atoms with Gasteiger partial charge in [0.25, 0.3) is 0 Å². The monoisotopic (exact) mass is 363 g/mol. The minimum absolute atomic E-state index is 0.152. The van der Waals surface area contributed by atoms with Gasteiger partial charge in [0, 0.05) is 42.4 Å². The van der Waals surface area contributed by atoms with E-state index in [1.54, 1.807) is 24.7 Å². The Morgan fingerprint density at radius 1 is 1.19 bits per heavy atom. The molecule has 3 aromatic heterocycles. The number of Topliss-reactive ketones (excluding diaryl/α,β-unsaturated/α-hetero) is 1. The van der Waals surface area contributed by atoms with Crippen molar-refractivity contribution in [2.45, 2.75) is 45.1 Å². The predicted molar refractivity (Wildman–Crippen MR) is 105 cm³/mol. The maximum atomic E-state index is 12.9. The molecular formula is C21H25N5O. The number of nitrogens with zero attached hydrogens (tertiary/aromatic N) is 3. The molecule has 3 aromatic rings. The first kappa shape index (κ1) is 17.8. The molecule has 1 saturated carbocycles. The molecule has 1 aliphatic rings. The summed E-state index contributed by atoms with van der Waals surface area (Å²) in [6.07, 6.45) is 9.64.